The molecular formula is C9H17N2O15P3S. The molecule has 0 unspecified atom stereocenters. The average Bonchev–Trinajstić information content (AvgIpc) is 2.79. The number of aliphatic hydroxyl groups excluding tert-OH is 3. The van der Waals surface area contributed by atoms with Gasteiger partial charge in [0.1, 0.15) is 18.3 Å². The van der Waals surface area contributed by atoms with E-state index in [0.717, 1.165) is 0 Å². The lowest BCUT2D eigenvalue weighted by molar-refractivity contribution is -0.0541. The van der Waals surface area contributed by atoms with Gasteiger partial charge in [-0.1, -0.05) is 0 Å². The molecule has 0 spiro atoms. The van der Waals surface area contributed by atoms with Crippen LogP contribution in [0.5, 0.6) is 0 Å². The highest BCUT2D eigenvalue weighted by Crippen LogP contribution is 2.64. The van der Waals surface area contributed by atoms with Gasteiger partial charge in [-0.05, 0) is 12.2 Å². The molecule has 9 N–H and O–H groups in total. The minimum absolute atomic E-state index is 0.0762. The molecule has 174 valence electrons. The fraction of sp³-hybridized carbons (Fsp3) is 0.556. The van der Waals surface area contributed by atoms with Gasteiger partial charge in [0.2, 0.25) is 0 Å². The van der Waals surface area contributed by atoms with Crippen molar-refractivity contribution in [2.24, 2.45) is 0 Å². The van der Waals surface area contributed by atoms with Crippen LogP contribution in [0.15, 0.2) is 17.1 Å². The highest BCUT2D eigenvalue weighted by molar-refractivity contribution is 7.71. The number of hydrogen-bond acceptors (Lipinski definition) is 11. The van der Waals surface area contributed by atoms with Gasteiger partial charge in [0.05, 0.1) is 6.61 Å². The standard InChI is InChI=1S/C9H12N2O5S.H5O10P3/c12-3-4-6(14)7(15)8(16-4)11-2-1-5(13)10-9(11)17;1-11(2,3)9-13(7,8)10-12(4,5)6/h1-2,4,6-8,12,14-15H,3H2,(H,10,13,17);(H,7,8)(H2,1,2,3)(H2,4,5,6)/t4-,6-,7-,8-;/m1./s1. The molecule has 1 aliphatic heterocycles. The number of ether oxygens (including phenoxy) is 1. The predicted octanol–water partition coefficient (Wildman–Crippen LogP) is -2.18. The number of hydrogen-bond donors (Lipinski definition) is 9. The van der Waals surface area contributed by atoms with Gasteiger partial charge in [-0.3, -0.25) is 14.3 Å². The van der Waals surface area contributed by atoms with Crippen molar-refractivity contribution in [2.75, 3.05) is 6.61 Å². The molecular weight excluding hydrogens is 501 g/mol. The fourth-order valence-electron chi connectivity index (χ4n) is 2.02. The van der Waals surface area contributed by atoms with Crippen molar-refractivity contribution in [3.05, 3.63) is 27.4 Å². The third-order valence-electron chi connectivity index (χ3n) is 3.06. The van der Waals surface area contributed by atoms with Gasteiger partial charge in [0.25, 0.3) is 5.56 Å². The number of aromatic amines is 1. The summed E-state index contributed by atoms with van der Waals surface area (Å²) >= 11 is 4.91. The molecule has 2 heterocycles. The first-order valence-corrected chi connectivity index (χ1v) is 12.2. The highest BCUT2D eigenvalue weighted by atomic mass is 32.1. The Balaban J connectivity index is 0.000000314. The van der Waals surface area contributed by atoms with Crippen LogP contribution in [-0.2, 0) is 27.1 Å². The topological polar surface area (TPSA) is 279 Å². The van der Waals surface area contributed by atoms with Gasteiger partial charge in [0, 0.05) is 12.3 Å². The number of phosphoric acid groups is 3. The number of rotatable bonds is 6. The van der Waals surface area contributed by atoms with Crippen LogP contribution in [0.25, 0.3) is 0 Å². The van der Waals surface area contributed by atoms with Crippen LogP contribution in [-0.4, -0.2) is 74.3 Å². The Labute approximate surface area is 171 Å². The normalized spacial score (nSPS) is 24.9. The lowest BCUT2D eigenvalue weighted by Crippen LogP contribution is -2.33. The molecule has 0 aliphatic carbocycles. The van der Waals surface area contributed by atoms with E-state index in [2.05, 4.69) is 13.6 Å². The van der Waals surface area contributed by atoms with Gasteiger partial charge < -0.3 is 44.5 Å². The Kier molecular flexibility index (Phi) is 9.41. The molecule has 21 heteroatoms. The summed E-state index contributed by atoms with van der Waals surface area (Å²) in [4.78, 5) is 53.6. The van der Waals surface area contributed by atoms with E-state index in [1.165, 1.54) is 16.8 Å². The summed E-state index contributed by atoms with van der Waals surface area (Å²) in [7, 11) is -16.2. The summed E-state index contributed by atoms with van der Waals surface area (Å²) in [6, 6.07) is 1.23. The Morgan fingerprint density at radius 1 is 1.07 bits per heavy atom. The molecule has 0 bridgehead atoms. The lowest BCUT2D eigenvalue weighted by atomic mass is 10.1. The van der Waals surface area contributed by atoms with E-state index < -0.39 is 54.6 Å². The van der Waals surface area contributed by atoms with Gasteiger partial charge in [-0.15, -0.1) is 0 Å². The van der Waals surface area contributed by atoms with E-state index in [9.17, 15) is 28.7 Å². The zero-order valence-corrected chi connectivity index (χ0v) is 17.8. The van der Waals surface area contributed by atoms with Crippen LogP contribution in [0.1, 0.15) is 6.23 Å². The van der Waals surface area contributed by atoms with Crippen molar-refractivity contribution in [3.63, 3.8) is 0 Å². The summed E-state index contributed by atoms with van der Waals surface area (Å²) in [6.45, 7) is -0.411. The van der Waals surface area contributed by atoms with E-state index in [-0.39, 0.29) is 10.3 Å². The first-order valence-electron chi connectivity index (χ1n) is 7.26. The second-order valence-electron chi connectivity index (χ2n) is 5.36. The molecule has 2 rings (SSSR count). The van der Waals surface area contributed by atoms with Gasteiger partial charge in [0.15, 0.2) is 11.0 Å². The molecule has 0 aromatic carbocycles. The quantitative estimate of drug-likeness (QED) is 0.143. The Morgan fingerprint density at radius 2 is 1.57 bits per heavy atom. The molecule has 1 aliphatic rings. The first-order chi connectivity index (χ1) is 13.5. The second-order valence-corrected chi connectivity index (χ2v) is 9.95. The second kappa shape index (κ2) is 10.3. The maximum Gasteiger partial charge on any atom is 0.490 e. The summed E-state index contributed by atoms with van der Waals surface area (Å²) < 4.78 is 43.0. The summed E-state index contributed by atoms with van der Waals surface area (Å²) in [6.07, 6.45) is -2.85. The maximum atomic E-state index is 11.0. The van der Waals surface area contributed by atoms with Crippen LogP contribution in [0, 0.1) is 4.77 Å². The van der Waals surface area contributed by atoms with Crippen molar-refractivity contribution in [1.82, 2.24) is 9.55 Å². The van der Waals surface area contributed by atoms with E-state index in [4.69, 9.17) is 46.5 Å². The van der Waals surface area contributed by atoms with Crippen molar-refractivity contribution >= 4 is 35.7 Å². The van der Waals surface area contributed by atoms with Crippen molar-refractivity contribution in [3.8, 4) is 0 Å². The van der Waals surface area contributed by atoms with E-state index in [0.29, 0.717) is 0 Å². The monoisotopic (exact) mass is 518 g/mol. The number of nitrogens with one attached hydrogen (secondary N) is 1. The minimum Gasteiger partial charge on any atom is -0.394 e. The smallest absolute Gasteiger partial charge is 0.394 e. The summed E-state index contributed by atoms with van der Waals surface area (Å²) in [5, 5.41) is 28.3. The molecule has 1 fully saturated rings. The molecule has 17 nitrogen and oxygen atoms in total. The van der Waals surface area contributed by atoms with Crippen molar-refractivity contribution in [1.29, 1.82) is 0 Å². The fourth-order valence-corrected chi connectivity index (χ4v) is 4.82. The molecule has 1 aromatic rings. The Hall–Kier alpha value is -0.650. The third-order valence-corrected chi connectivity index (χ3v) is 6.73. The predicted molar refractivity (Wildman–Crippen MR) is 95.0 cm³/mol. The van der Waals surface area contributed by atoms with Crippen molar-refractivity contribution in [2.45, 2.75) is 24.5 Å². The molecule has 0 radical (unpaired) electrons. The summed E-state index contributed by atoms with van der Waals surface area (Å²) in [5.74, 6) is 0. The molecule has 0 saturated carbocycles. The molecule has 4 atom stereocenters. The largest absolute Gasteiger partial charge is 0.490 e. The molecule has 1 saturated heterocycles. The van der Waals surface area contributed by atoms with Crippen LogP contribution in [0.2, 0.25) is 0 Å². The Bertz CT molecular complexity index is 954. The van der Waals surface area contributed by atoms with Crippen molar-refractivity contribution < 1.29 is 66.8 Å². The molecule has 30 heavy (non-hydrogen) atoms. The lowest BCUT2D eigenvalue weighted by Gasteiger charge is -2.17. The van der Waals surface area contributed by atoms with Gasteiger partial charge >= 0.3 is 23.5 Å². The average molecular weight is 518 g/mol. The number of H-pyrrole nitrogens is 1. The highest BCUT2D eigenvalue weighted by Gasteiger charge is 2.43. The number of nitrogens with zero attached hydrogens (tertiary/aromatic N) is 1. The molecule has 0 amide bonds. The first kappa shape index (κ1) is 27.4. The van der Waals surface area contributed by atoms with Crippen LogP contribution in [0.3, 0.4) is 0 Å². The van der Waals surface area contributed by atoms with E-state index in [1.807, 2.05) is 0 Å². The zero-order chi connectivity index (χ0) is 23.5. The summed E-state index contributed by atoms with van der Waals surface area (Å²) in [5.41, 5.74) is -0.363. The van der Waals surface area contributed by atoms with Gasteiger partial charge in [-0.25, -0.2) is 13.7 Å². The maximum absolute atomic E-state index is 11.0. The van der Waals surface area contributed by atoms with E-state index >= 15 is 0 Å². The number of aromatic nitrogens is 2. The SMILES string of the molecule is O=P(O)(O)OP(=O)(O)OP(=O)(O)O.O=c1ccn([C@@H]2O[C@H](CO)[C@@H](O)[C@H]2O)c(=S)[nH]1. The van der Waals surface area contributed by atoms with Crippen LogP contribution in [0.4, 0.5) is 0 Å². The number of aliphatic hydroxyl groups is 3. The minimum atomic E-state index is -5.46. The van der Waals surface area contributed by atoms with Gasteiger partial charge in [-0.2, -0.15) is 8.62 Å². The third kappa shape index (κ3) is 8.84. The molecule has 1 aromatic heterocycles. The zero-order valence-electron chi connectivity index (χ0n) is 14.3. The van der Waals surface area contributed by atoms with Crippen LogP contribution < -0.4 is 5.56 Å². The van der Waals surface area contributed by atoms with E-state index in [1.54, 1.807) is 0 Å². The Morgan fingerprint density at radius 3 is 1.93 bits per heavy atom. The van der Waals surface area contributed by atoms with Crippen LogP contribution >= 0.6 is 35.7 Å².